The van der Waals surface area contributed by atoms with E-state index in [9.17, 15) is 145 Å². The van der Waals surface area contributed by atoms with E-state index in [2.05, 4.69) is 11.6 Å². The van der Waals surface area contributed by atoms with E-state index >= 15 is 0 Å². The molecule has 0 aromatic rings. The van der Waals surface area contributed by atoms with Crippen molar-refractivity contribution in [3.8, 4) is 0 Å². The van der Waals surface area contributed by atoms with Gasteiger partial charge in [0, 0.05) is 0 Å². The molecular formula is C16ClF33. The maximum atomic E-state index is 13.7. The van der Waals surface area contributed by atoms with E-state index < -0.39 is 94.5 Å². The molecule has 50 heavy (non-hydrogen) atoms. The van der Waals surface area contributed by atoms with Gasteiger partial charge < -0.3 is 0 Å². The molecule has 0 aromatic heterocycles. The first-order chi connectivity index (χ1) is 20.8. The second-order valence-corrected chi connectivity index (χ2v) is 9.51. The average Bonchev–Trinajstić information content (AvgIpc) is 2.85. The zero-order valence-corrected chi connectivity index (χ0v) is 21.6. The van der Waals surface area contributed by atoms with Crippen LogP contribution in [0.25, 0.3) is 0 Å². The van der Waals surface area contributed by atoms with E-state index in [1.165, 1.54) is 0 Å². The molecule has 34 heteroatoms. The van der Waals surface area contributed by atoms with Crippen LogP contribution in [0.1, 0.15) is 0 Å². The van der Waals surface area contributed by atoms with E-state index in [1.54, 1.807) is 0 Å². The van der Waals surface area contributed by atoms with Crippen LogP contribution in [0.2, 0.25) is 0 Å². The summed E-state index contributed by atoms with van der Waals surface area (Å²) in [4.78, 5) is 0. The molecule has 0 saturated carbocycles. The van der Waals surface area contributed by atoms with Crippen LogP contribution in [-0.4, -0.2) is 94.5 Å². The van der Waals surface area contributed by atoms with E-state index in [4.69, 9.17) is 0 Å². The van der Waals surface area contributed by atoms with Gasteiger partial charge in [0.1, 0.15) is 0 Å². The predicted molar refractivity (Wildman–Crippen MR) is 86.1 cm³/mol. The normalized spacial score (nSPS) is 17.4. The third kappa shape index (κ3) is 5.26. The van der Waals surface area contributed by atoms with Crippen LogP contribution in [0.4, 0.5) is 145 Å². The summed E-state index contributed by atoms with van der Waals surface area (Å²) in [7, 11) is 0. The molecule has 0 aromatic carbocycles. The highest BCUT2D eigenvalue weighted by atomic mass is 35.5. The van der Waals surface area contributed by atoms with E-state index in [0.717, 1.165) is 0 Å². The van der Waals surface area contributed by atoms with Crippen molar-refractivity contribution in [2.24, 2.45) is 0 Å². The Morgan fingerprint density at radius 3 is 0.360 bits per heavy atom. The summed E-state index contributed by atoms with van der Waals surface area (Å²) in [5.41, 5.74) is 0. The van der Waals surface area contributed by atoms with Crippen molar-refractivity contribution in [3.63, 3.8) is 0 Å². The SMILES string of the molecule is FC(F)(F)C(F)(F)C(F)(F)C(F)(F)C(F)(F)C(F)(F)C(F)(F)C(F)(F)C(F)(F)C(F)(F)C(F)(F)C(F)(F)C(F)(F)C(F)(F)C(F)(F)C(F)(F)Cl. The van der Waals surface area contributed by atoms with Crippen LogP contribution in [0.3, 0.4) is 0 Å². The Hall–Kier alpha value is -2.02. The minimum absolute atomic E-state index is 3.13. The van der Waals surface area contributed by atoms with Crippen LogP contribution >= 0.6 is 11.6 Å². The third-order valence-electron chi connectivity index (χ3n) is 5.84. The second-order valence-electron chi connectivity index (χ2n) is 9.04. The fourth-order valence-corrected chi connectivity index (χ4v) is 2.84. The predicted octanol–water partition coefficient (Wildman–Crippen LogP) is 11.3. The molecule has 0 saturated heterocycles. The van der Waals surface area contributed by atoms with Gasteiger partial charge in [-0.2, -0.15) is 145 Å². The molecule has 0 heterocycles. The lowest BCUT2D eigenvalue weighted by Crippen LogP contribution is -2.79. The first-order valence-electron chi connectivity index (χ1n) is 10.2. The number of alkyl halides is 34. The summed E-state index contributed by atoms with van der Waals surface area (Å²) >= 11 is 3.13. The van der Waals surface area contributed by atoms with Gasteiger partial charge in [-0.15, -0.1) is 0 Å². The Kier molecular flexibility index (Phi) is 10.8. The first kappa shape index (κ1) is 48.0. The summed E-state index contributed by atoms with van der Waals surface area (Å²) in [5, 5.41) is -7.42. The number of halogens is 34. The Balaban J connectivity index is 7.70. The van der Waals surface area contributed by atoms with Crippen LogP contribution in [0, 0.1) is 0 Å². The summed E-state index contributed by atoms with van der Waals surface area (Å²) in [6.07, 6.45) is -8.38. The average molecular weight is 855 g/mol. The Bertz CT molecular complexity index is 1150. The van der Waals surface area contributed by atoms with Crippen molar-refractivity contribution in [1.82, 2.24) is 0 Å². The van der Waals surface area contributed by atoms with Gasteiger partial charge in [0.25, 0.3) is 0 Å². The highest BCUT2D eigenvalue weighted by Crippen LogP contribution is 2.70. The van der Waals surface area contributed by atoms with E-state index in [0.29, 0.717) is 0 Å². The minimum Gasteiger partial charge on any atom is -0.192 e. The van der Waals surface area contributed by atoms with Crippen molar-refractivity contribution in [1.29, 1.82) is 0 Å². The largest absolute Gasteiger partial charge is 0.460 e. The monoisotopic (exact) mass is 854 g/mol. The lowest BCUT2D eigenvalue weighted by atomic mass is 9.83. The van der Waals surface area contributed by atoms with E-state index in [1.807, 2.05) is 0 Å². The van der Waals surface area contributed by atoms with Gasteiger partial charge in [-0.1, -0.05) is 0 Å². The molecule has 0 fully saturated rings. The van der Waals surface area contributed by atoms with E-state index in [-0.39, 0.29) is 0 Å². The molecule has 0 nitrogen and oxygen atoms in total. The summed E-state index contributed by atoms with van der Waals surface area (Å²) in [5.74, 6) is -136. The van der Waals surface area contributed by atoms with Crippen LogP contribution in [-0.2, 0) is 0 Å². The zero-order valence-electron chi connectivity index (χ0n) is 20.9. The van der Waals surface area contributed by atoms with Crippen LogP contribution in [0.15, 0.2) is 0 Å². The van der Waals surface area contributed by atoms with Crippen molar-refractivity contribution in [3.05, 3.63) is 0 Å². The number of rotatable bonds is 14. The number of hydrogen-bond acceptors (Lipinski definition) is 0. The van der Waals surface area contributed by atoms with Gasteiger partial charge in [-0.3, -0.25) is 0 Å². The molecule has 0 radical (unpaired) electrons. The molecule has 0 rings (SSSR count). The molecule has 0 unspecified atom stereocenters. The molecule has 0 bridgehead atoms. The highest BCUT2D eigenvalue weighted by Gasteiger charge is 3.01. The fraction of sp³-hybridized carbons (Fsp3) is 1.00. The quantitative estimate of drug-likeness (QED) is 0.121. The van der Waals surface area contributed by atoms with Crippen LogP contribution < -0.4 is 0 Å². The topological polar surface area (TPSA) is 0 Å². The minimum atomic E-state index is -10.2. The lowest BCUT2D eigenvalue weighted by Gasteiger charge is -2.46. The molecular weight excluding hydrogens is 855 g/mol. The molecule has 0 aliphatic heterocycles. The van der Waals surface area contributed by atoms with Crippen molar-refractivity contribution >= 4 is 11.6 Å². The summed E-state index contributed by atoms with van der Waals surface area (Å²) in [6.45, 7) is 0. The zero-order chi connectivity index (χ0) is 42.0. The van der Waals surface area contributed by atoms with Gasteiger partial charge >= 0.3 is 94.5 Å². The van der Waals surface area contributed by atoms with Crippen molar-refractivity contribution in [2.75, 3.05) is 0 Å². The molecule has 0 amide bonds. The van der Waals surface area contributed by atoms with Gasteiger partial charge in [0.15, 0.2) is 0 Å². The smallest absolute Gasteiger partial charge is 0.192 e. The molecule has 302 valence electrons. The van der Waals surface area contributed by atoms with Gasteiger partial charge in [-0.05, 0) is 11.6 Å². The van der Waals surface area contributed by atoms with Gasteiger partial charge in [0.2, 0.25) is 0 Å². The first-order valence-corrected chi connectivity index (χ1v) is 10.6. The highest BCUT2D eigenvalue weighted by molar-refractivity contribution is 6.22. The molecule has 0 spiro atoms. The molecule has 0 N–H and O–H groups in total. The number of hydrogen-bond donors (Lipinski definition) is 0. The third-order valence-corrected chi connectivity index (χ3v) is 6.08. The maximum Gasteiger partial charge on any atom is 0.460 e. The summed E-state index contributed by atoms with van der Waals surface area (Å²) in [6, 6.07) is 0. The summed E-state index contributed by atoms with van der Waals surface area (Å²) < 4.78 is 436. The van der Waals surface area contributed by atoms with Crippen molar-refractivity contribution < 1.29 is 145 Å². The Labute approximate surface area is 252 Å². The van der Waals surface area contributed by atoms with Crippen molar-refractivity contribution in [2.45, 2.75) is 94.5 Å². The Morgan fingerprint density at radius 2 is 0.260 bits per heavy atom. The Morgan fingerprint density at radius 1 is 0.160 bits per heavy atom. The van der Waals surface area contributed by atoms with Gasteiger partial charge in [0.05, 0.1) is 0 Å². The molecule has 0 aliphatic rings. The lowest BCUT2D eigenvalue weighted by molar-refractivity contribution is -0.490. The van der Waals surface area contributed by atoms with Gasteiger partial charge in [-0.25, -0.2) is 0 Å². The molecule has 0 aliphatic carbocycles. The standard InChI is InChI=1S/C16ClF33/c17-15(46,47)13(42,43)11(38,39)9(34,35)7(30,31)5(26,27)3(22,23)1(18,19)2(20,21)4(24,25)6(28,29)8(32,33)10(36,37)12(40,41)14(44,45)16(48,49)50. The fourth-order valence-electron chi connectivity index (χ4n) is 2.72. The second kappa shape index (κ2) is 11.2. The molecule has 0 atom stereocenters. The maximum absolute atomic E-state index is 13.7. The van der Waals surface area contributed by atoms with Crippen LogP contribution in [0.5, 0.6) is 0 Å².